The second-order valence-electron chi connectivity index (χ2n) is 4.01. The molecule has 2 fully saturated rings. The van der Waals surface area contributed by atoms with Crippen LogP contribution in [0, 0.1) is 17.8 Å². The average molecular weight is 168 g/mol. The van der Waals surface area contributed by atoms with Gasteiger partial charge in [0.25, 0.3) is 0 Å². The zero-order valence-corrected chi connectivity index (χ0v) is 7.58. The molecule has 2 aliphatic rings. The fraction of sp³-hybridized carbons (Fsp3) is 0.900. The van der Waals surface area contributed by atoms with Gasteiger partial charge in [0.2, 0.25) is 0 Å². The van der Waals surface area contributed by atoms with Gasteiger partial charge in [-0.05, 0) is 24.7 Å². The molecule has 0 spiro atoms. The zero-order valence-electron chi connectivity index (χ0n) is 7.58. The van der Waals surface area contributed by atoms with Crippen LogP contribution in [0.1, 0.15) is 32.1 Å². The molecule has 2 aliphatic carbocycles. The zero-order chi connectivity index (χ0) is 8.55. The first-order chi connectivity index (χ1) is 5.84. The van der Waals surface area contributed by atoms with Crippen molar-refractivity contribution in [3.8, 4) is 0 Å². The minimum Gasteiger partial charge on any atom is -0.469 e. The number of methoxy groups -OCH3 is 1. The van der Waals surface area contributed by atoms with E-state index in [4.69, 9.17) is 4.74 Å². The minimum absolute atomic E-state index is 0.0342. The SMILES string of the molecule is COC(=O)C1C2CCCCCC21. The van der Waals surface area contributed by atoms with Crippen molar-refractivity contribution in [1.29, 1.82) is 0 Å². The summed E-state index contributed by atoms with van der Waals surface area (Å²) in [4.78, 5) is 11.2. The number of fused-ring (bicyclic) bond motifs is 1. The highest BCUT2D eigenvalue weighted by molar-refractivity contribution is 5.76. The Morgan fingerprint density at radius 3 is 2.25 bits per heavy atom. The smallest absolute Gasteiger partial charge is 0.309 e. The first kappa shape index (κ1) is 8.09. The van der Waals surface area contributed by atoms with E-state index in [0.717, 1.165) is 0 Å². The molecule has 0 amide bonds. The van der Waals surface area contributed by atoms with E-state index < -0.39 is 0 Å². The van der Waals surface area contributed by atoms with Crippen LogP contribution in [0.3, 0.4) is 0 Å². The summed E-state index contributed by atoms with van der Waals surface area (Å²) < 4.78 is 4.77. The Bertz CT molecular complexity index is 176. The maximum Gasteiger partial charge on any atom is 0.309 e. The molecule has 2 nitrogen and oxygen atoms in total. The van der Waals surface area contributed by atoms with Gasteiger partial charge in [-0.15, -0.1) is 0 Å². The van der Waals surface area contributed by atoms with E-state index >= 15 is 0 Å². The van der Waals surface area contributed by atoms with Crippen LogP contribution >= 0.6 is 0 Å². The van der Waals surface area contributed by atoms with Crippen molar-refractivity contribution in [3.63, 3.8) is 0 Å². The maximum absolute atomic E-state index is 11.2. The van der Waals surface area contributed by atoms with Crippen LogP contribution in [0.5, 0.6) is 0 Å². The quantitative estimate of drug-likeness (QED) is 0.560. The molecule has 2 heteroatoms. The predicted octanol–water partition coefficient (Wildman–Crippen LogP) is 1.99. The van der Waals surface area contributed by atoms with Gasteiger partial charge in [0, 0.05) is 0 Å². The molecule has 2 saturated carbocycles. The van der Waals surface area contributed by atoms with E-state index in [0.29, 0.717) is 11.8 Å². The lowest BCUT2D eigenvalue weighted by Gasteiger charge is -1.99. The highest BCUT2D eigenvalue weighted by atomic mass is 16.5. The molecule has 0 bridgehead atoms. The molecule has 0 aromatic carbocycles. The second-order valence-corrected chi connectivity index (χ2v) is 4.01. The van der Waals surface area contributed by atoms with E-state index in [1.54, 1.807) is 0 Å². The van der Waals surface area contributed by atoms with Crippen LogP contribution in [0.15, 0.2) is 0 Å². The van der Waals surface area contributed by atoms with Crippen LogP contribution in [-0.2, 0) is 9.53 Å². The Balaban J connectivity index is 1.93. The summed E-state index contributed by atoms with van der Waals surface area (Å²) >= 11 is 0. The van der Waals surface area contributed by atoms with Crippen LogP contribution in [0.4, 0.5) is 0 Å². The lowest BCUT2D eigenvalue weighted by atomic mass is 10.1. The van der Waals surface area contributed by atoms with Gasteiger partial charge in [-0.2, -0.15) is 0 Å². The molecule has 0 N–H and O–H groups in total. The third-order valence-corrected chi connectivity index (χ3v) is 3.38. The van der Waals surface area contributed by atoms with Gasteiger partial charge in [0.05, 0.1) is 13.0 Å². The molecule has 2 atom stereocenters. The number of ether oxygens (including phenoxy) is 1. The van der Waals surface area contributed by atoms with Gasteiger partial charge in [-0.1, -0.05) is 19.3 Å². The highest BCUT2D eigenvalue weighted by Crippen LogP contribution is 2.54. The second kappa shape index (κ2) is 3.08. The van der Waals surface area contributed by atoms with E-state index in [2.05, 4.69) is 0 Å². The van der Waals surface area contributed by atoms with E-state index in [-0.39, 0.29) is 11.9 Å². The Labute approximate surface area is 73.3 Å². The molecule has 0 aromatic heterocycles. The summed E-state index contributed by atoms with van der Waals surface area (Å²) in [6.07, 6.45) is 6.50. The third-order valence-electron chi connectivity index (χ3n) is 3.38. The molecule has 68 valence electrons. The Morgan fingerprint density at radius 1 is 1.17 bits per heavy atom. The molecule has 0 aliphatic heterocycles. The minimum atomic E-state index is 0.0342. The predicted molar refractivity (Wildman–Crippen MR) is 45.6 cm³/mol. The van der Waals surface area contributed by atoms with E-state index in [9.17, 15) is 4.79 Å². The monoisotopic (exact) mass is 168 g/mol. The molecule has 2 unspecified atom stereocenters. The number of esters is 1. The van der Waals surface area contributed by atoms with Crippen molar-refractivity contribution < 1.29 is 9.53 Å². The fourth-order valence-electron chi connectivity index (χ4n) is 2.65. The number of carbonyl (C=O) groups excluding carboxylic acids is 1. The Morgan fingerprint density at radius 2 is 1.75 bits per heavy atom. The Hall–Kier alpha value is -0.530. The van der Waals surface area contributed by atoms with Gasteiger partial charge in [0.15, 0.2) is 0 Å². The van der Waals surface area contributed by atoms with Gasteiger partial charge >= 0.3 is 5.97 Å². The standard InChI is InChI=1S/C10H16O2/c1-12-10(11)9-7-5-3-2-4-6-8(7)9/h7-9H,2-6H2,1H3. The number of hydrogen-bond donors (Lipinski definition) is 0. The van der Waals surface area contributed by atoms with Crippen molar-refractivity contribution in [2.75, 3.05) is 7.11 Å². The van der Waals surface area contributed by atoms with E-state index in [1.165, 1.54) is 39.2 Å². The fourth-order valence-corrected chi connectivity index (χ4v) is 2.65. The van der Waals surface area contributed by atoms with Gasteiger partial charge in [-0.3, -0.25) is 4.79 Å². The van der Waals surface area contributed by atoms with Crippen molar-refractivity contribution in [2.45, 2.75) is 32.1 Å². The average Bonchev–Trinajstić information content (AvgIpc) is 2.76. The summed E-state index contributed by atoms with van der Waals surface area (Å²) in [5, 5.41) is 0. The van der Waals surface area contributed by atoms with Crippen molar-refractivity contribution in [3.05, 3.63) is 0 Å². The van der Waals surface area contributed by atoms with Crippen molar-refractivity contribution >= 4 is 5.97 Å². The summed E-state index contributed by atoms with van der Waals surface area (Å²) in [6, 6.07) is 0. The topological polar surface area (TPSA) is 26.3 Å². The molecular formula is C10H16O2. The van der Waals surface area contributed by atoms with Crippen LogP contribution in [-0.4, -0.2) is 13.1 Å². The van der Waals surface area contributed by atoms with Crippen molar-refractivity contribution in [1.82, 2.24) is 0 Å². The van der Waals surface area contributed by atoms with Crippen LogP contribution in [0.25, 0.3) is 0 Å². The summed E-state index contributed by atoms with van der Waals surface area (Å²) in [5.74, 6) is 1.67. The summed E-state index contributed by atoms with van der Waals surface area (Å²) in [5.41, 5.74) is 0. The molecule has 0 radical (unpaired) electrons. The van der Waals surface area contributed by atoms with Gasteiger partial charge < -0.3 is 4.74 Å². The molecule has 0 aromatic rings. The molecule has 12 heavy (non-hydrogen) atoms. The van der Waals surface area contributed by atoms with Gasteiger partial charge in [0.1, 0.15) is 0 Å². The highest BCUT2D eigenvalue weighted by Gasteiger charge is 2.54. The summed E-state index contributed by atoms with van der Waals surface area (Å²) in [7, 11) is 1.50. The number of carbonyl (C=O) groups is 1. The van der Waals surface area contributed by atoms with E-state index in [1.807, 2.05) is 0 Å². The lowest BCUT2D eigenvalue weighted by Crippen LogP contribution is -2.06. The maximum atomic E-state index is 11.2. The molecule has 0 heterocycles. The lowest BCUT2D eigenvalue weighted by molar-refractivity contribution is -0.142. The van der Waals surface area contributed by atoms with Crippen LogP contribution < -0.4 is 0 Å². The number of hydrogen-bond acceptors (Lipinski definition) is 2. The third kappa shape index (κ3) is 1.23. The first-order valence-corrected chi connectivity index (χ1v) is 4.92. The first-order valence-electron chi connectivity index (χ1n) is 4.92. The number of rotatable bonds is 1. The normalized spacial score (nSPS) is 39.6. The molecular weight excluding hydrogens is 152 g/mol. The van der Waals surface area contributed by atoms with Crippen LogP contribution in [0.2, 0.25) is 0 Å². The van der Waals surface area contributed by atoms with Crippen molar-refractivity contribution in [2.24, 2.45) is 17.8 Å². The van der Waals surface area contributed by atoms with Gasteiger partial charge in [-0.25, -0.2) is 0 Å². The largest absolute Gasteiger partial charge is 0.469 e. The molecule has 0 saturated heterocycles. The Kier molecular flexibility index (Phi) is 2.07. The summed E-state index contributed by atoms with van der Waals surface area (Å²) in [6.45, 7) is 0. The molecule has 2 rings (SSSR count).